The lowest BCUT2D eigenvalue weighted by Gasteiger charge is -2.17. The zero-order valence-electron chi connectivity index (χ0n) is 10.3. The quantitative estimate of drug-likeness (QED) is 0.769. The molecule has 0 bridgehead atoms. The number of aromatic amines is 1. The summed E-state index contributed by atoms with van der Waals surface area (Å²) >= 11 is 0. The molecular weight excluding hydrogens is 214 g/mol. The first-order valence-corrected chi connectivity index (χ1v) is 6.56. The largest absolute Gasteiger partial charge is 0.311 e. The number of H-pyrrole nitrogens is 1. The van der Waals surface area contributed by atoms with Crippen molar-refractivity contribution in [3.63, 3.8) is 0 Å². The summed E-state index contributed by atoms with van der Waals surface area (Å²) in [5.74, 6) is 2.14. The highest BCUT2D eigenvalue weighted by atomic mass is 16.1. The number of nitrogens with zero attached hydrogens (tertiary/aromatic N) is 1. The van der Waals surface area contributed by atoms with Gasteiger partial charge in [-0.1, -0.05) is 6.92 Å². The maximum atomic E-state index is 12.0. The summed E-state index contributed by atoms with van der Waals surface area (Å²) in [6.07, 6.45) is 4.38. The van der Waals surface area contributed by atoms with Crippen LogP contribution in [-0.4, -0.2) is 16.5 Å². The molecule has 4 nitrogen and oxygen atoms in total. The Kier molecular flexibility index (Phi) is 2.74. The Labute approximate surface area is 101 Å². The summed E-state index contributed by atoms with van der Waals surface area (Å²) < 4.78 is 0. The van der Waals surface area contributed by atoms with Crippen molar-refractivity contribution in [2.45, 2.75) is 45.1 Å². The molecule has 2 unspecified atom stereocenters. The maximum Gasteiger partial charge on any atom is 0.254 e. The van der Waals surface area contributed by atoms with Crippen LogP contribution >= 0.6 is 0 Å². The van der Waals surface area contributed by atoms with Crippen LogP contribution in [0.1, 0.15) is 49.2 Å². The number of rotatable bonds is 1. The SMILES string of the molecule is CC1CCC(c2nc3c(c(=O)[nH]2)CCNC3)C1. The molecule has 2 aliphatic rings. The Balaban J connectivity index is 1.96. The van der Waals surface area contributed by atoms with E-state index >= 15 is 0 Å². The Morgan fingerprint density at radius 2 is 2.24 bits per heavy atom. The van der Waals surface area contributed by atoms with Gasteiger partial charge in [-0.05, 0) is 38.1 Å². The van der Waals surface area contributed by atoms with Crippen LogP contribution in [0.3, 0.4) is 0 Å². The van der Waals surface area contributed by atoms with Gasteiger partial charge in [0.25, 0.3) is 5.56 Å². The molecule has 1 aromatic rings. The molecule has 1 aliphatic heterocycles. The van der Waals surface area contributed by atoms with Gasteiger partial charge in [-0.25, -0.2) is 4.98 Å². The lowest BCUT2D eigenvalue weighted by Crippen LogP contribution is -2.32. The predicted molar refractivity (Wildman–Crippen MR) is 66.0 cm³/mol. The van der Waals surface area contributed by atoms with Crippen LogP contribution in [0.4, 0.5) is 0 Å². The van der Waals surface area contributed by atoms with Crippen molar-refractivity contribution in [1.82, 2.24) is 15.3 Å². The van der Waals surface area contributed by atoms with E-state index < -0.39 is 0 Å². The van der Waals surface area contributed by atoms with Crippen molar-refractivity contribution < 1.29 is 0 Å². The van der Waals surface area contributed by atoms with Crippen molar-refractivity contribution >= 4 is 0 Å². The molecular formula is C13H19N3O. The minimum absolute atomic E-state index is 0.0889. The number of fused-ring (bicyclic) bond motifs is 1. The van der Waals surface area contributed by atoms with Crippen molar-refractivity contribution in [3.8, 4) is 0 Å². The Bertz CT molecular complexity index is 480. The monoisotopic (exact) mass is 233 g/mol. The molecule has 1 aromatic heterocycles. The lowest BCUT2D eigenvalue weighted by atomic mass is 10.0. The van der Waals surface area contributed by atoms with Crippen molar-refractivity contribution in [3.05, 3.63) is 27.4 Å². The van der Waals surface area contributed by atoms with Gasteiger partial charge < -0.3 is 10.3 Å². The molecule has 1 aliphatic carbocycles. The summed E-state index contributed by atoms with van der Waals surface area (Å²) in [6, 6.07) is 0. The van der Waals surface area contributed by atoms with E-state index in [1.165, 1.54) is 6.42 Å². The third-order valence-corrected chi connectivity index (χ3v) is 4.05. The smallest absolute Gasteiger partial charge is 0.254 e. The summed E-state index contributed by atoms with van der Waals surface area (Å²) in [6.45, 7) is 3.91. The first-order chi connectivity index (χ1) is 8.24. The van der Waals surface area contributed by atoms with E-state index in [4.69, 9.17) is 0 Å². The average Bonchev–Trinajstić information content (AvgIpc) is 2.76. The van der Waals surface area contributed by atoms with Gasteiger partial charge in [0.2, 0.25) is 0 Å². The summed E-state index contributed by atoms with van der Waals surface area (Å²) in [5.41, 5.74) is 1.94. The van der Waals surface area contributed by atoms with Crippen LogP contribution in [0, 0.1) is 5.92 Å². The fourth-order valence-corrected chi connectivity index (χ4v) is 3.04. The second-order valence-electron chi connectivity index (χ2n) is 5.42. The molecule has 0 spiro atoms. The Morgan fingerprint density at radius 1 is 1.35 bits per heavy atom. The maximum absolute atomic E-state index is 12.0. The van der Waals surface area contributed by atoms with Crippen molar-refractivity contribution in [1.29, 1.82) is 0 Å². The second-order valence-corrected chi connectivity index (χ2v) is 5.42. The molecule has 17 heavy (non-hydrogen) atoms. The number of nitrogens with one attached hydrogen (secondary N) is 2. The first-order valence-electron chi connectivity index (χ1n) is 6.56. The molecule has 0 amide bonds. The predicted octanol–water partition coefficient (Wildman–Crippen LogP) is 1.32. The molecule has 0 saturated heterocycles. The molecule has 92 valence electrons. The summed E-state index contributed by atoms with van der Waals surface area (Å²) in [4.78, 5) is 19.7. The van der Waals surface area contributed by atoms with Crippen LogP contribution in [0.25, 0.3) is 0 Å². The van der Waals surface area contributed by atoms with E-state index in [1.54, 1.807) is 0 Å². The van der Waals surface area contributed by atoms with Gasteiger partial charge in [-0.2, -0.15) is 0 Å². The molecule has 1 saturated carbocycles. The Morgan fingerprint density at radius 3 is 3.00 bits per heavy atom. The number of hydrogen-bond acceptors (Lipinski definition) is 3. The molecule has 4 heteroatoms. The molecule has 1 fully saturated rings. The van der Waals surface area contributed by atoms with Crippen molar-refractivity contribution in [2.75, 3.05) is 6.54 Å². The normalized spacial score (nSPS) is 28.1. The third-order valence-electron chi connectivity index (χ3n) is 4.05. The van der Waals surface area contributed by atoms with Crippen LogP contribution < -0.4 is 10.9 Å². The fraction of sp³-hybridized carbons (Fsp3) is 0.692. The number of aromatic nitrogens is 2. The summed E-state index contributed by atoms with van der Waals surface area (Å²) in [5, 5.41) is 3.28. The van der Waals surface area contributed by atoms with Gasteiger partial charge in [0.15, 0.2) is 0 Å². The van der Waals surface area contributed by atoms with Crippen LogP contribution in [0.15, 0.2) is 4.79 Å². The average molecular weight is 233 g/mol. The van der Waals surface area contributed by atoms with Gasteiger partial charge in [0.1, 0.15) is 5.82 Å². The van der Waals surface area contributed by atoms with E-state index in [-0.39, 0.29) is 5.56 Å². The third kappa shape index (κ3) is 2.02. The van der Waals surface area contributed by atoms with Gasteiger partial charge in [-0.15, -0.1) is 0 Å². The van der Waals surface area contributed by atoms with E-state index in [1.807, 2.05) is 0 Å². The molecule has 3 rings (SSSR count). The van der Waals surface area contributed by atoms with Crippen molar-refractivity contribution in [2.24, 2.45) is 5.92 Å². The lowest BCUT2D eigenvalue weighted by molar-refractivity contribution is 0.568. The molecule has 0 aromatic carbocycles. The molecule has 0 radical (unpaired) electrons. The standard InChI is InChI=1S/C13H19N3O/c1-8-2-3-9(6-8)12-15-11-7-14-5-4-10(11)13(17)16-12/h8-9,14H,2-7H2,1H3,(H,15,16,17). The second kappa shape index (κ2) is 4.26. The van der Waals surface area contributed by atoms with E-state index in [9.17, 15) is 4.79 Å². The highest BCUT2D eigenvalue weighted by Gasteiger charge is 2.26. The van der Waals surface area contributed by atoms with Gasteiger partial charge in [-0.3, -0.25) is 4.79 Å². The van der Waals surface area contributed by atoms with Crippen LogP contribution in [-0.2, 0) is 13.0 Å². The topological polar surface area (TPSA) is 57.8 Å². The minimum Gasteiger partial charge on any atom is -0.311 e. The molecule has 2 atom stereocenters. The van der Waals surface area contributed by atoms with Crippen LogP contribution in [0.2, 0.25) is 0 Å². The van der Waals surface area contributed by atoms with E-state index in [0.29, 0.717) is 5.92 Å². The van der Waals surface area contributed by atoms with Gasteiger partial charge >= 0.3 is 0 Å². The van der Waals surface area contributed by atoms with E-state index in [0.717, 1.165) is 55.4 Å². The Hall–Kier alpha value is -1.16. The fourth-order valence-electron chi connectivity index (χ4n) is 3.04. The van der Waals surface area contributed by atoms with Gasteiger partial charge in [0.05, 0.1) is 5.69 Å². The van der Waals surface area contributed by atoms with E-state index in [2.05, 4.69) is 22.2 Å². The molecule has 2 heterocycles. The first kappa shape index (κ1) is 11.0. The zero-order valence-corrected chi connectivity index (χ0v) is 10.3. The highest BCUT2D eigenvalue weighted by molar-refractivity contribution is 5.21. The highest BCUT2D eigenvalue weighted by Crippen LogP contribution is 2.36. The summed E-state index contributed by atoms with van der Waals surface area (Å²) in [7, 11) is 0. The number of hydrogen-bond donors (Lipinski definition) is 2. The minimum atomic E-state index is 0.0889. The van der Waals surface area contributed by atoms with Gasteiger partial charge in [0, 0.05) is 18.0 Å². The molecule has 2 N–H and O–H groups in total. The van der Waals surface area contributed by atoms with Crippen LogP contribution in [0.5, 0.6) is 0 Å². The zero-order chi connectivity index (χ0) is 11.8.